The fraction of sp³-hybridized carbons (Fsp3) is 0.435. The Morgan fingerprint density at radius 3 is 2.42 bits per heavy atom. The van der Waals surface area contributed by atoms with Gasteiger partial charge in [0.2, 0.25) is 15.9 Å². The van der Waals surface area contributed by atoms with Gasteiger partial charge in [-0.3, -0.25) is 4.79 Å². The topological polar surface area (TPSA) is 76.2 Å². The lowest BCUT2D eigenvalue weighted by Gasteiger charge is -2.33. The molecule has 0 radical (unpaired) electrons. The minimum atomic E-state index is -3.60. The van der Waals surface area contributed by atoms with Gasteiger partial charge in [0.25, 0.3) is 0 Å². The normalized spacial score (nSPS) is 16.9. The van der Waals surface area contributed by atoms with Crippen molar-refractivity contribution >= 4 is 39.1 Å². The van der Waals surface area contributed by atoms with Gasteiger partial charge < -0.3 is 14.4 Å². The largest absolute Gasteiger partial charge is 0.493 e. The van der Waals surface area contributed by atoms with E-state index in [0.717, 1.165) is 5.56 Å². The molecule has 1 fully saturated rings. The molecule has 1 atom stereocenters. The van der Waals surface area contributed by atoms with Gasteiger partial charge >= 0.3 is 0 Å². The van der Waals surface area contributed by atoms with Crippen molar-refractivity contribution in [2.75, 3.05) is 34.4 Å². The van der Waals surface area contributed by atoms with Crippen LogP contribution in [-0.2, 0) is 27.1 Å². The van der Waals surface area contributed by atoms with Gasteiger partial charge in [0.15, 0.2) is 11.5 Å². The molecule has 1 aliphatic rings. The van der Waals surface area contributed by atoms with Crippen molar-refractivity contribution in [1.29, 1.82) is 0 Å². The van der Waals surface area contributed by atoms with Crippen LogP contribution in [0.5, 0.6) is 11.5 Å². The van der Waals surface area contributed by atoms with Crippen molar-refractivity contribution in [1.82, 2.24) is 9.21 Å². The SMILES string of the molecule is COc1ccc(CN(C)C(=O)C2CCCN(S(=O)(=O)Cc3ccc(Cl)c(Cl)c3)C2)cc1OC. The molecule has 180 valence electrons. The van der Waals surface area contributed by atoms with Crippen LogP contribution in [0.1, 0.15) is 24.0 Å². The summed E-state index contributed by atoms with van der Waals surface area (Å²) in [6.07, 6.45) is 1.27. The minimum Gasteiger partial charge on any atom is -0.493 e. The Kier molecular flexibility index (Phi) is 8.50. The summed E-state index contributed by atoms with van der Waals surface area (Å²) in [5.41, 5.74) is 1.45. The summed E-state index contributed by atoms with van der Waals surface area (Å²) in [7, 11) is 1.25. The lowest BCUT2D eigenvalue weighted by molar-refractivity contribution is -0.135. The maximum absolute atomic E-state index is 13.1. The van der Waals surface area contributed by atoms with Crippen molar-refractivity contribution in [3.63, 3.8) is 0 Å². The number of methoxy groups -OCH3 is 2. The van der Waals surface area contributed by atoms with Gasteiger partial charge in [-0.25, -0.2) is 12.7 Å². The molecule has 10 heteroatoms. The predicted molar refractivity (Wildman–Crippen MR) is 129 cm³/mol. The van der Waals surface area contributed by atoms with E-state index in [1.165, 1.54) is 4.31 Å². The van der Waals surface area contributed by atoms with E-state index in [2.05, 4.69) is 0 Å². The highest BCUT2D eigenvalue weighted by Gasteiger charge is 2.33. The van der Waals surface area contributed by atoms with Crippen molar-refractivity contribution in [2.45, 2.75) is 25.1 Å². The molecule has 7 nitrogen and oxygen atoms in total. The monoisotopic (exact) mass is 514 g/mol. The number of benzene rings is 2. The summed E-state index contributed by atoms with van der Waals surface area (Å²) in [5, 5.41) is 0.687. The fourth-order valence-electron chi connectivity index (χ4n) is 3.97. The highest BCUT2D eigenvalue weighted by atomic mass is 35.5. The fourth-order valence-corrected chi connectivity index (χ4v) is 5.89. The third-order valence-corrected chi connectivity index (χ3v) is 8.26. The maximum Gasteiger partial charge on any atom is 0.227 e. The van der Waals surface area contributed by atoms with Crippen molar-refractivity contribution in [3.05, 3.63) is 57.6 Å². The summed E-state index contributed by atoms with van der Waals surface area (Å²) in [5.74, 6) is 0.539. The Bertz CT molecular complexity index is 1110. The third-order valence-electron chi connectivity index (χ3n) is 5.70. The number of ether oxygens (including phenoxy) is 2. The highest BCUT2D eigenvalue weighted by molar-refractivity contribution is 7.88. The first kappa shape index (κ1) is 25.6. The second-order valence-corrected chi connectivity index (χ2v) is 10.9. The van der Waals surface area contributed by atoms with Crippen LogP contribution in [0.25, 0.3) is 0 Å². The summed E-state index contributed by atoms with van der Waals surface area (Å²) in [6, 6.07) is 10.3. The van der Waals surface area contributed by atoms with Crippen LogP contribution in [0.15, 0.2) is 36.4 Å². The summed E-state index contributed by atoms with van der Waals surface area (Å²) < 4.78 is 38.0. The van der Waals surface area contributed by atoms with Crippen LogP contribution in [0, 0.1) is 5.92 Å². The van der Waals surface area contributed by atoms with Gasteiger partial charge in [0.05, 0.1) is 35.9 Å². The number of hydrogen-bond acceptors (Lipinski definition) is 5. The molecule has 1 heterocycles. The van der Waals surface area contributed by atoms with Gasteiger partial charge in [-0.15, -0.1) is 0 Å². The molecule has 0 aromatic heterocycles. The lowest BCUT2D eigenvalue weighted by atomic mass is 9.98. The van der Waals surface area contributed by atoms with Gasteiger partial charge in [-0.05, 0) is 48.2 Å². The Balaban J connectivity index is 1.66. The Labute approximate surface area is 205 Å². The molecule has 2 aromatic carbocycles. The molecule has 33 heavy (non-hydrogen) atoms. The summed E-state index contributed by atoms with van der Waals surface area (Å²) >= 11 is 12.0. The molecule has 1 amide bonds. The van der Waals surface area contributed by atoms with Crippen LogP contribution >= 0.6 is 23.2 Å². The summed E-state index contributed by atoms with van der Waals surface area (Å²) in [4.78, 5) is 14.7. The van der Waals surface area contributed by atoms with E-state index in [-0.39, 0.29) is 18.2 Å². The standard InChI is InChI=1S/C23H28Cl2N2O5S/c1-26(13-16-7-9-21(31-2)22(12-16)32-3)23(28)18-5-4-10-27(14-18)33(29,30)15-17-6-8-19(24)20(25)11-17/h6-9,11-12,18H,4-5,10,13-15H2,1-3H3. The number of rotatable bonds is 8. The van der Waals surface area contributed by atoms with Crippen molar-refractivity contribution in [3.8, 4) is 11.5 Å². The second-order valence-electron chi connectivity index (χ2n) is 8.09. The first-order valence-corrected chi connectivity index (χ1v) is 12.9. The van der Waals surface area contributed by atoms with E-state index in [1.807, 2.05) is 12.1 Å². The molecule has 1 unspecified atom stereocenters. The molecule has 0 spiro atoms. The molecule has 0 saturated carbocycles. The maximum atomic E-state index is 13.1. The number of carbonyl (C=O) groups is 1. The Morgan fingerprint density at radius 1 is 1.06 bits per heavy atom. The first-order valence-electron chi connectivity index (χ1n) is 10.5. The van der Waals surface area contributed by atoms with Gasteiger partial charge in [-0.2, -0.15) is 0 Å². The average Bonchev–Trinajstić information content (AvgIpc) is 2.80. The van der Waals surface area contributed by atoms with E-state index in [9.17, 15) is 13.2 Å². The highest BCUT2D eigenvalue weighted by Crippen LogP contribution is 2.29. The van der Waals surface area contributed by atoms with E-state index in [4.69, 9.17) is 32.7 Å². The van der Waals surface area contributed by atoms with Crippen molar-refractivity contribution < 1.29 is 22.7 Å². The van der Waals surface area contributed by atoms with Crippen molar-refractivity contribution in [2.24, 2.45) is 5.92 Å². The molecular weight excluding hydrogens is 487 g/mol. The Morgan fingerprint density at radius 2 is 1.76 bits per heavy atom. The van der Waals surface area contributed by atoms with Crippen LogP contribution in [0.4, 0.5) is 0 Å². The lowest BCUT2D eigenvalue weighted by Crippen LogP contribution is -2.46. The van der Waals surface area contributed by atoms with Crippen LogP contribution < -0.4 is 9.47 Å². The number of carbonyl (C=O) groups excluding carboxylic acids is 1. The zero-order valence-corrected chi connectivity index (χ0v) is 21.2. The van der Waals surface area contributed by atoms with Crippen LogP contribution in [0.2, 0.25) is 10.0 Å². The average molecular weight is 515 g/mol. The van der Waals surface area contributed by atoms with Gasteiger partial charge in [0.1, 0.15) is 0 Å². The summed E-state index contributed by atoms with van der Waals surface area (Å²) in [6.45, 7) is 0.942. The zero-order valence-electron chi connectivity index (χ0n) is 18.9. The molecule has 0 N–H and O–H groups in total. The second kappa shape index (κ2) is 11.0. The molecular formula is C23H28Cl2N2O5S. The number of piperidine rings is 1. The molecule has 1 saturated heterocycles. The smallest absolute Gasteiger partial charge is 0.227 e. The molecule has 0 bridgehead atoms. The molecule has 2 aromatic rings. The zero-order chi connectivity index (χ0) is 24.2. The van der Waals surface area contributed by atoms with E-state index in [0.29, 0.717) is 53.0 Å². The first-order chi connectivity index (χ1) is 15.6. The van der Waals surface area contributed by atoms with E-state index >= 15 is 0 Å². The van der Waals surface area contributed by atoms with Crippen LogP contribution in [-0.4, -0.2) is 57.9 Å². The number of nitrogens with zero attached hydrogens (tertiary/aromatic N) is 2. The van der Waals surface area contributed by atoms with Crippen LogP contribution in [0.3, 0.4) is 0 Å². The molecule has 0 aliphatic carbocycles. The van der Waals surface area contributed by atoms with Gasteiger partial charge in [0, 0.05) is 26.7 Å². The van der Waals surface area contributed by atoms with E-state index in [1.54, 1.807) is 50.4 Å². The van der Waals surface area contributed by atoms with E-state index < -0.39 is 15.9 Å². The molecule has 3 rings (SSSR count). The molecule has 1 aliphatic heterocycles. The number of amides is 1. The number of hydrogen-bond donors (Lipinski definition) is 0. The quantitative estimate of drug-likeness (QED) is 0.527. The Hall–Kier alpha value is -2.00. The number of halogens is 2. The predicted octanol–water partition coefficient (Wildman–Crippen LogP) is 4.21. The number of sulfonamides is 1. The van der Waals surface area contributed by atoms with Gasteiger partial charge in [-0.1, -0.05) is 35.3 Å². The third kappa shape index (κ3) is 6.32. The minimum absolute atomic E-state index is 0.0841.